The maximum Gasteiger partial charge on any atom is 0.266 e. The maximum atomic E-state index is 12.5. The molecule has 0 amide bonds. The van der Waals surface area contributed by atoms with Gasteiger partial charge in [-0.1, -0.05) is 38.1 Å². The first-order chi connectivity index (χ1) is 14.4. The van der Waals surface area contributed by atoms with Crippen LogP contribution in [0.4, 0.5) is 0 Å². The topological polar surface area (TPSA) is 56.3 Å². The highest BCUT2D eigenvalue weighted by Gasteiger charge is 2.17. The second-order valence-corrected chi connectivity index (χ2v) is 9.08. The molecule has 2 N–H and O–H groups in total. The molecule has 0 aliphatic carbocycles. The molecule has 0 bridgehead atoms. The van der Waals surface area contributed by atoms with Gasteiger partial charge in [0.15, 0.2) is 0 Å². The van der Waals surface area contributed by atoms with Crippen LogP contribution in [0.3, 0.4) is 0 Å². The predicted molar refractivity (Wildman–Crippen MR) is 128 cm³/mol. The summed E-state index contributed by atoms with van der Waals surface area (Å²) in [6.07, 6.45) is 1.11. The largest absolute Gasteiger partial charge is 0.507 e. The number of phenols is 1. The van der Waals surface area contributed by atoms with Gasteiger partial charge >= 0.3 is 0 Å². The molecule has 156 valence electrons. The Kier molecular flexibility index (Phi) is 5.67. The summed E-state index contributed by atoms with van der Waals surface area (Å²) in [5.74, 6) is 0.710. The quantitative estimate of drug-likeness (QED) is 0.410. The number of aryl methyl sites for hydroxylation is 1. The zero-order chi connectivity index (χ0) is 21.4. The van der Waals surface area contributed by atoms with Crippen molar-refractivity contribution < 1.29 is 5.11 Å². The van der Waals surface area contributed by atoms with E-state index in [-0.39, 0.29) is 11.3 Å². The van der Waals surface area contributed by atoms with Crippen molar-refractivity contribution in [3.8, 4) is 16.9 Å². The maximum absolute atomic E-state index is 12.5. The fourth-order valence-electron chi connectivity index (χ4n) is 4.09. The molecule has 4 aromatic rings. The molecule has 4 nitrogen and oxygen atoms in total. The van der Waals surface area contributed by atoms with E-state index in [0.717, 1.165) is 52.5 Å². The van der Waals surface area contributed by atoms with Gasteiger partial charge in [-0.3, -0.25) is 4.79 Å². The minimum absolute atomic E-state index is 0.0755. The van der Waals surface area contributed by atoms with Gasteiger partial charge in [-0.15, -0.1) is 11.3 Å². The Morgan fingerprint density at radius 2 is 1.93 bits per heavy atom. The molecule has 30 heavy (non-hydrogen) atoms. The number of fused-ring (bicyclic) bond motifs is 3. The van der Waals surface area contributed by atoms with Crippen molar-refractivity contribution in [2.45, 2.75) is 33.1 Å². The van der Waals surface area contributed by atoms with Crippen LogP contribution in [0.25, 0.3) is 32.1 Å². The molecule has 0 aliphatic heterocycles. The first-order valence-electron chi connectivity index (χ1n) is 10.4. The summed E-state index contributed by atoms with van der Waals surface area (Å²) >= 11 is 1.43. The number of hydrogen-bond acceptors (Lipinski definition) is 4. The average molecular weight is 421 g/mol. The molecule has 0 fully saturated rings. The number of aromatic nitrogens is 1. The minimum Gasteiger partial charge on any atom is -0.507 e. The lowest BCUT2D eigenvalue weighted by Crippen LogP contribution is -2.20. The molecule has 0 saturated heterocycles. The monoisotopic (exact) mass is 420 g/mol. The van der Waals surface area contributed by atoms with Gasteiger partial charge in [-0.05, 0) is 73.6 Å². The number of aromatic amines is 1. The number of H-pyrrole nitrogens is 1. The Morgan fingerprint density at radius 1 is 1.20 bits per heavy atom. The highest BCUT2D eigenvalue weighted by atomic mass is 32.1. The summed E-state index contributed by atoms with van der Waals surface area (Å²) in [4.78, 5) is 17.8. The third-order valence-electron chi connectivity index (χ3n) is 6.14. The van der Waals surface area contributed by atoms with E-state index in [1.807, 2.05) is 18.4 Å². The SMILES string of the molecule is CCN(C)CC[C@@H](C)c1ccc(-c2c(O)cc(C)c3[nH]c(=O)c4sccc4c23)cc1. The third-order valence-corrected chi connectivity index (χ3v) is 7.05. The van der Waals surface area contributed by atoms with Gasteiger partial charge in [0.05, 0.1) is 5.52 Å². The van der Waals surface area contributed by atoms with Gasteiger partial charge in [0.2, 0.25) is 0 Å². The van der Waals surface area contributed by atoms with Crippen LogP contribution in [-0.4, -0.2) is 35.1 Å². The number of pyridine rings is 1. The lowest BCUT2D eigenvalue weighted by atomic mass is 9.92. The van der Waals surface area contributed by atoms with E-state index >= 15 is 0 Å². The Balaban J connectivity index is 1.80. The number of thiophene rings is 1. The minimum atomic E-state index is -0.0755. The molecular weight excluding hydrogens is 392 g/mol. The lowest BCUT2D eigenvalue weighted by molar-refractivity contribution is 0.337. The van der Waals surface area contributed by atoms with E-state index in [0.29, 0.717) is 10.6 Å². The molecule has 2 aromatic heterocycles. The standard InChI is InChI=1S/C25H28N2O2S/c1-5-27(4)12-10-15(2)17-6-8-18(9-7-17)21-20(28)14-16(3)23-22(21)19-11-13-30-24(19)25(29)26-23/h6-9,11,13-15,28H,5,10,12H2,1-4H3,(H,26,29)/t15-/m1/s1. The first kappa shape index (κ1) is 20.6. The normalized spacial score (nSPS) is 12.8. The van der Waals surface area contributed by atoms with Crippen LogP contribution >= 0.6 is 11.3 Å². The van der Waals surface area contributed by atoms with Crippen molar-refractivity contribution in [1.82, 2.24) is 9.88 Å². The number of aromatic hydroxyl groups is 1. The van der Waals surface area contributed by atoms with E-state index in [1.165, 1.54) is 16.9 Å². The van der Waals surface area contributed by atoms with Crippen LogP contribution in [-0.2, 0) is 0 Å². The molecule has 0 aliphatic rings. The zero-order valence-corrected chi connectivity index (χ0v) is 18.8. The summed E-state index contributed by atoms with van der Waals surface area (Å²) < 4.78 is 0.694. The molecule has 5 heteroatoms. The van der Waals surface area contributed by atoms with Gasteiger partial charge in [-0.25, -0.2) is 0 Å². The average Bonchev–Trinajstić information content (AvgIpc) is 3.24. The Bertz CT molecular complexity index is 1250. The van der Waals surface area contributed by atoms with Crippen molar-refractivity contribution in [2.75, 3.05) is 20.1 Å². The van der Waals surface area contributed by atoms with E-state index in [4.69, 9.17) is 0 Å². The van der Waals surface area contributed by atoms with Gasteiger partial charge in [0.25, 0.3) is 5.56 Å². The fourth-order valence-corrected chi connectivity index (χ4v) is 4.89. The molecule has 2 heterocycles. The summed E-state index contributed by atoms with van der Waals surface area (Å²) in [7, 11) is 2.15. The van der Waals surface area contributed by atoms with Crippen LogP contribution in [0.5, 0.6) is 5.75 Å². The van der Waals surface area contributed by atoms with Crippen LogP contribution < -0.4 is 5.56 Å². The number of nitrogens with one attached hydrogen (secondary N) is 1. The van der Waals surface area contributed by atoms with Crippen molar-refractivity contribution in [3.63, 3.8) is 0 Å². The van der Waals surface area contributed by atoms with E-state index < -0.39 is 0 Å². The molecule has 0 saturated carbocycles. The van der Waals surface area contributed by atoms with Crippen LogP contribution in [0.15, 0.2) is 46.6 Å². The van der Waals surface area contributed by atoms with E-state index in [1.54, 1.807) is 6.07 Å². The highest BCUT2D eigenvalue weighted by Crippen LogP contribution is 2.41. The van der Waals surface area contributed by atoms with E-state index in [9.17, 15) is 9.90 Å². The van der Waals surface area contributed by atoms with Crippen LogP contribution in [0.1, 0.15) is 37.3 Å². The van der Waals surface area contributed by atoms with Crippen molar-refractivity contribution in [1.29, 1.82) is 0 Å². The smallest absolute Gasteiger partial charge is 0.266 e. The Labute approximate surface area is 180 Å². The van der Waals surface area contributed by atoms with Crippen LogP contribution in [0, 0.1) is 6.92 Å². The molecule has 0 radical (unpaired) electrons. The van der Waals surface area contributed by atoms with Gasteiger partial charge in [0.1, 0.15) is 10.4 Å². The second kappa shape index (κ2) is 8.25. The highest BCUT2D eigenvalue weighted by molar-refractivity contribution is 7.17. The van der Waals surface area contributed by atoms with Crippen molar-refractivity contribution in [2.24, 2.45) is 0 Å². The molecule has 4 rings (SSSR count). The van der Waals surface area contributed by atoms with Gasteiger partial charge in [0, 0.05) is 16.3 Å². The van der Waals surface area contributed by atoms with E-state index in [2.05, 4.69) is 55.0 Å². The number of rotatable bonds is 6. The van der Waals surface area contributed by atoms with Crippen LogP contribution in [0.2, 0.25) is 0 Å². The fraction of sp³-hybridized carbons (Fsp3) is 0.320. The predicted octanol–water partition coefficient (Wildman–Crippen LogP) is 5.87. The number of hydrogen-bond donors (Lipinski definition) is 2. The number of benzene rings is 2. The summed E-state index contributed by atoms with van der Waals surface area (Å²) in [5, 5.41) is 14.6. The van der Waals surface area contributed by atoms with Gasteiger partial charge in [-0.2, -0.15) is 0 Å². The summed E-state index contributed by atoms with van der Waals surface area (Å²) in [6, 6.07) is 12.2. The van der Waals surface area contributed by atoms with Gasteiger partial charge < -0.3 is 15.0 Å². The molecule has 0 spiro atoms. The van der Waals surface area contributed by atoms with Crippen molar-refractivity contribution in [3.05, 3.63) is 63.3 Å². The molecule has 2 aromatic carbocycles. The molecular formula is C25H28N2O2S. The Hall–Kier alpha value is -2.63. The molecule has 1 atom stereocenters. The first-order valence-corrected chi connectivity index (χ1v) is 11.3. The molecule has 0 unspecified atom stereocenters. The third kappa shape index (κ3) is 3.64. The van der Waals surface area contributed by atoms with Crippen molar-refractivity contribution >= 4 is 32.3 Å². The summed E-state index contributed by atoms with van der Waals surface area (Å²) in [5.41, 5.74) is 4.61. The number of phenolic OH excluding ortho intramolecular Hbond substituents is 1. The summed E-state index contributed by atoms with van der Waals surface area (Å²) in [6.45, 7) is 8.49. The number of nitrogens with zero attached hydrogens (tertiary/aromatic N) is 1. The Morgan fingerprint density at radius 3 is 2.63 bits per heavy atom. The lowest BCUT2D eigenvalue weighted by Gasteiger charge is -2.18. The zero-order valence-electron chi connectivity index (χ0n) is 18.0. The second-order valence-electron chi connectivity index (χ2n) is 8.16.